The number of nitrogens with zero attached hydrogens (tertiary/aromatic N) is 4. The van der Waals surface area contributed by atoms with E-state index < -0.39 is 0 Å². The lowest BCUT2D eigenvalue weighted by Gasteiger charge is -2.27. The molecule has 3 aromatic rings. The molecule has 1 aliphatic carbocycles. The topological polar surface area (TPSA) is 76.7 Å². The summed E-state index contributed by atoms with van der Waals surface area (Å²) in [4.78, 5) is 14.8. The lowest BCUT2D eigenvalue weighted by atomic mass is 9.91. The molecule has 3 heterocycles. The van der Waals surface area contributed by atoms with Crippen molar-refractivity contribution < 1.29 is 4.52 Å². The van der Waals surface area contributed by atoms with Crippen molar-refractivity contribution >= 4 is 11.5 Å². The summed E-state index contributed by atoms with van der Waals surface area (Å²) in [5.74, 6) is 1.77. The fraction of sp³-hybridized carbons (Fsp3) is 0.500. The number of nitrogens with one attached hydrogen (secondary N) is 1. The van der Waals surface area contributed by atoms with E-state index in [1.165, 1.54) is 24.8 Å². The predicted octanol–water partition coefficient (Wildman–Crippen LogP) is 7.03. The molecule has 0 saturated heterocycles. The van der Waals surface area contributed by atoms with Crippen LogP contribution in [0.5, 0.6) is 0 Å². The number of aromatic nitrogens is 4. The number of allylic oxidation sites excluding steroid dienone is 1. The Hall–Kier alpha value is -3.02. The molecule has 34 heavy (non-hydrogen) atoms. The van der Waals surface area contributed by atoms with Crippen molar-refractivity contribution in [3.05, 3.63) is 58.4 Å². The molecule has 6 nitrogen and oxygen atoms in total. The normalized spacial score (nSPS) is 14.5. The van der Waals surface area contributed by atoms with E-state index in [-0.39, 0.29) is 5.92 Å². The highest BCUT2D eigenvalue weighted by Gasteiger charge is 2.23. The summed E-state index contributed by atoms with van der Waals surface area (Å²) in [5, 5.41) is 7.65. The van der Waals surface area contributed by atoms with Crippen molar-refractivity contribution in [2.75, 3.05) is 5.32 Å². The molecule has 180 valence electrons. The second-order valence-electron chi connectivity index (χ2n) is 9.63. The van der Waals surface area contributed by atoms with Gasteiger partial charge >= 0.3 is 0 Å². The van der Waals surface area contributed by atoms with Gasteiger partial charge in [-0.15, -0.1) is 0 Å². The Morgan fingerprint density at radius 3 is 2.59 bits per heavy atom. The minimum absolute atomic E-state index is 0.249. The molecule has 0 aromatic carbocycles. The molecule has 6 heteroatoms. The minimum atomic E-state index is 0.249. The van der Waals surface area contributed by atoms with Gasteiger partial charge in [0.1, 0.15) is 5.76 Å². The largest absolute Gasteiger partial charge is 0.361 e. The SMILES string of the molecule is C/C=C(\c1ccc(-c2c(C)noc2C)nc1C(C)C)c1nc(NC2CCC2)ncc1CCCC. The fourth-order valence-corrected chi connectivity index (χ4v) is 4.55. The molecule has 0 spiro atoms. The van der Waals surface area contributed by atoms with Crippen LogP contribution in [0.3, 0.4) is 0 Å². The van der Waals surface area contributed by atoms with Gasteiger partial charge in [-0.2, -0.15) is 0 Å². The number of pyridine rings is 1. The molecule has 0 radical (unpaired) electrons. The summed E-state index contributed by atoms with van der Waals surface area (Å²) >= 11 is 0. The maximum atomic E-state index is 5.40. The molecule has 3 aromatic heterocycles. The van der Waals surface area contributed by atoms with Crippen molar-refractivity contribution in [1.82, 2.24) is 20.1 Å². The standard InChI is InChI=1S/C28H37N5O/c1-7-9-11-20-16-29-28(30-21-12-10-13-21)32-27(20)22(8-2)23-14-15-24(31-26(23)17(3)4)25-18(5)33-34-19(25)6/h8,14-17,21H,7,9-13H2,1-6H3,(H,29,30,32)/b22-8+. The number of anilines is 1. The van der Waals surface area contributed by atoms with Gasteiger partial charge in [-0.1, -0.05) is 44.5 Å². The molecular formula is C28H37N5O. The van der Waals surface area contributed by atoms with Crippen molar-refractivity contribution in [2.45, 2.75) is 92.0 Å². The molecular weight excluding hydrogens is 422 g/mol. The monoisotopic (exact) mass is 459 g/mol. The Morgan fingerprint density at radius 2 is 2.00 bits per heavy atom. The molecule has 1 aliphatic rings. The van der Waals surface area contributed by atoms with Gasteiger partial charge < -0.3 is 9.84 Å². The first kappa shape index (κ1) is 24.1. The first-order chi connectivity index (χ1) is 16.4. The molecule has 1 N–H and O–H groups in total. The number of rotatable bonds is 9. The van der Waals surface area contributed by atoms with E-state index in [0.29, 0.717) is 6.04 Å². The first-order valence-corrected chi connectivity index (χ1v) is 12.7. The van der Waals surface area contributed by atoms with Gasteiger partial charge in [0.2, 0.25) is 5.95 Å². The van der Waals surface area contributed by atoms with Crippen LogP contribution in [-0.2, 0) is 6.42 Å². The smallest absolute Gasteiger partial charge is 0.223 e. The number of hydrogen-bond donors (Lipinski definition) is 1. The molecule has 1 saturated carbocycles. The Morgan fingerprint density at radius 1 is 1.21 bits per heavy atom. The van der Waals surface area contributed by atoms with Crippen LogP contribution in [0.15, 0.2) is 28.9 Å². The molecule has 0 aliphatic heterocycles. The number of hydrogen-bond acceptors (Lipinski definition) is 6. The summed E-state index contributed by atoms with van der Waals surface area (Å²) in [6.07, 6.45) is 11.1. The van der Waals surface area contributed by atoms with E-state index in [2.05, 4.69) is 61.4 Å². The summed E-state index contributed by atoms with van der Waals surface area (Å²) < 4.78 is 5.40. The van der Waals surface area contributed by atoms with Gasteiger partial charge in [-0.05, 0) is 70.4 Å². The molecule has 4 rings (SSSR count). The highest BCUT2D eigenvalue weighted by molar-refractivity contribution is 5.82. The quantitative estimate of drug-likeness (QED) is 0.370. The number of unbranched alkanes of at least 4 members (excludes halogenated alkanes) is 1. The van der Waals surface area contributed by atoms with Gasteiger partial charge in [0.05, 0.1) is 28.3 Å². The zero-order valence-corrected chi connectivity index (χ0v) is 21.4. The minimum Gasteiger partial charge on any atom is -0.361 e. The van der Waals surface area contributed by atoms with Gasteiger partial charge in [-0.3, -0.25) is 4.98 Å². The van der Waals surface area contributed by atoms with Crippen LogP contribution >= 0.6 is 0 Å². The lowest BCUT2D eigenvalue weighted by Crippen LogP contribution is -2.28. The van der Waals surface area contributed by atoms with Crippen LogP contribution in [0, 0.1) is 13.8 Å². The third kappa shape index (κ3) is 4.91. The van der Waals surface area contributed by atoms with Gasteiger partial charge in [0.15, 0.2) is 0 Å². The van der Waals surface area contributed by atoms with Crippen molar-refractivity contribution in [3.8, 4) is 11.3 Å². The third-order valence-electron chi connectivity index (χ3n) is 6.70. The summed E-state index contributed by atoms with van der Waals surface area (Å²) in [5.41, 5.74) is 8.25. The van der Waals surface area contributed by atoms with Gasteiger partial charge in [0, 0.05) is 23.4 Å². The Labute approximate surface area is 203 Å². The Balaban J connectivity index is 1.80. The Kier molecular flexibility index (Phi) is 7.44. The second kappa shape index (κ2) is 10.5. The van der Waals surface area contributed by atoms with E-state index in [1.54, 1.807) is 0 Å². The molecule has 0 unspecified atom stereocenters. The number of aryl methyl sites for hydroxylation is 3. The summed E-state index contributed by atoms with van der Waals surface area (Å²) in [6.45, 7) is 12.6. The lowest BCUT2D eigenvalue weighted by molar-refractivity contribution is 0.393. The molecule has 1 fully saturated rings. The van der Waals surface area contributed by atoms with Crippen LogP contribution < -0.4 is 5.32 Å². The van der Waals surface area contributed by atoms with E-state index in [1.807, 2.05) is 20.0 Å². The van der Waals surface area contributed by atoms with Crippen LogP contribution in [0.4, 0.5) is 5.95 Å². The van der Waals surface area contributed by atoms with E-state index in [4.69, 9.17) is 14.5 Å². The average molecular weight is 460 g/mol. The van der Waals surface area contributed by atoms with Crippen molar-refractivity contribution in [2.24, 2.45) is 0 Å². The maximum absolute atomic E-state index is 5.40. The molecule has 0 amide bonds. The zero-order chi connectivity index (χ0) is 24.2. The van der Waals surface area contributed by atoms with Crippen molar-refractivity contribution in [1.29, 1.82) is 0 Å². The Bertz CT molecular complexity index is 1150. The second-order valence-corrected chi connectivity index (χ2v) is 9.63. The highest BCUT2D eigenvalue weighted by atomic mass is 16.5. The summed E-state index contributed by atoms with van der Waals surface area (Å²) in [7, 11) is 0. The summed E-state index contributed by atoms with van der Waals surface area (Å²) in [6, 6.07) is 4.76. The van der Waals surface area contributed by atoms with Gasteiger partial charge in [-0.25, -0.2) is 9.97 Å². The molecule has 0 bridgehead atoms. The first-order valence-electron chi connectivity index (χ1n) is 12.7. The highest BCUT2D eigenvalue weighted by Crippen LogP contribution is 2.34. The zero-order valence-electron chi connectivity index (χ0n) is 21.4. The van der Waals surface area contributed by atoms with Crippen LogP contribution in [0.2, 0.25) is 0 Å². The molecule has 0 atom stereocenters. The van der Waals surface area contributed by atoms with E-state index in [0.717, 1.165) is 70.4 Å². The van der Waals surface area contributed by atoms with Crippen molar-refractivity contribution in [3.63, 3.8) is 0 Å². The van der Waals surface area contributed by atoms with Crippen LogP contribution in [0.25, 0.3) is 16.8 Å². The van der Waals surface area contributed by atoms with E-state index >= 15 is 0 Å². The fourth-order valence-electron chi connectivity index (χ4n) is 4.55. The average Bonchev–Trinajstić information content (AvgIpc) is 3.14. The van der Waals surface area contributed by atoms with E-state index in [9.17, 15) is 0 Å². The third-order valence-corrected chi connectivity index (χ3v) is 6.70. The predicted molar refractivity (Wildman–Crippen MR) is 138 cm³/mol. The van der Waals surface area contributed by atoms with Crippen LogP contribution in [0.1, 0.15) is 99.7 Å². The van der Waals surface area contributed by atoms with Gasteiger partial charge in [0.25, 0.3) is 0 Å². The van der Waals surface area contributed by atoms with Crippen LogP contribution in [-0.4, -0.2) is 26.2 Å². The maximum Gasteiger partial charge on any atom is 0.223 e.